The molecule has 1 saturated heterocycles. The molecule has 6 heteroatoms. The zero-order valence-corrected chi connectivity index (χ0v) is 15.1. The van der Waals surface area contributed by atoms with Crippen molar-refractivity contribution in [2.45, 2.75) is 18.9 Å². The third-order valence-corrected chi connectivity index (χ3v) is 4.39. The maximum absolute atomic E-state index is 12.2. The number of anilines is 2. The minimum atomic E-state index is -0.357. The van der Waals surface area contributed by atoms with Gasteiger partial charge >= 0.3 is 0 Å². The van der Waals surface area contributed by atoms with Gasteiger partial charge in [0.2, 0.25) is 0 Å². The molecule has 5 nitrogen and oxygen atoms in total. The number of carbonyl (C=O) groups excluding carboxylic acids is 2. The summed E-state index contributed by atoms with van der Waals surface area (Å²) >= 11 is 2.17. The van der Waals surface area contributed by atoms with Crippen molar-refractivity contribution in [2.75, 3.05) is 17.2 Å². The van der Waals surface area contributed by atoms with Crippen LogP contribution in [0.4, 0.5) is 11.4 Å². The number of rotatable bonds is 4. The topological polar surface area (TPSA) is 67.4 Å². The lowest BCUT2D eigenvalue weighted by atomic mass is 10.2. The molecule has 1 fully saturated rings. The van der Waals surface area contributed by atoms with E-state index in [0.717, 1.165) is 16.4 Å². The van der Waals surface area contributed by atoms with Crippen molar-refractivity contribution in [3.05, 3.63) is 57.7 Å². The molecule has 0 aliphatic carbocycles. The van der Waals surface area contributed by atoms with E-state index in [9.17, 15) is 9.59 Å². The molecule has 124 valence electrons. The summed E-state index contributed by atoms with van der Waals surface area (Å²) in [4.78, 5) is 24.2. The van der Waals surface area contributed by atoms with E-state index in [4.69, 9.17) is 4.74 Å². The number of hydrogen-bond acceptors (Lipinski definition) is 3. The van der Waals surface area contributed by atoms with Crippen molar-refractivity contribution in [2.24, 2.45) is 0 Å². The first-order chi connectivity index (χ1) is 11.6. The highest BCUT2D eigenvalue weighted by molar-refractivity contribution is 14.1. The summed E-state index contributed by atoms with van der Waals surface area (Å²) in [5, 5.41) is 5.67. The van der Waals surface area contributed by atoms with Crippen LogP contribution in [0.5, 0.6) is 0 Å². The number of ether oxygens (including phenoxy) is 1. The van der Waals surface area contributed by atoms with Gasteiger partial charge in [-0.05, 0) is 77.9 Å². The van der Waals surface area contributed by atoms with Gasteiger partial charge in [-0.1, -0.05) is 6.07 Å². The maximum atomic E-state index is 12.2. The van der Waals surface area contributed by atoms with Gasteiger partial charge in [0.1, 0.15) is 6.10 Å². The van der Waals surface area contributed by atoms with Gasteiger partial charge < -0.3 is 15.4 Å². The Morgan fingerprint density at radius 2 is 1.75 bits per heavy atom. The summed E-state index contributed by atoms with van der Waals surface area (Å²) in [7, 11) is 0. The fourth-order valence-corrected chi connectivity index (χ4v) is 3.02. The highest BCUT2D eigenvalue weighted by Crippen LogP contribution is 2.18. The van der Waals surface area contributed by atoms with E-state index in [-0.39, 0.29) is 17.9 Å². The Balaban J connectivity index is 1.60. The molecule has 0 radical (unpaired) electrons. The lowest BCUT2D eigenvalue weighted by molar-refractivity contribution is -0.124. The Morgan fingerprint density at radius 1 is 1.04 bits per heavy atom. The lowest BCUT2D eigenvalue weighted by Gasteiger charge is -2.11. The molecule has 3 rings (SSSR count). The zero-order valence-electron chi connectivity index (χ0n) is 12.9. The Hall–Kier alpha value is -1.93. The SMILES string of the molecule is O=C(Nc1ccc(NC(=O)C2CCCO2)cc1)c1cccc(I)c1. The van der Waals surface area contributed by atoms with Crippen molar-refractivity contribution in [3.63, 3.8) is 0 Å². The van der Waals surface area contributed by atoms with E-state index in [0.29, 0.717) is 23.5 Å². The largest absolute Gasteiger partial charge is 0.368 e. The van der Waals surface area contributed by atoms with Crippen molar-refractivity contribution in [1.29, 1.82) is 0 Å². The van der Waals surface area contributed by atoms with Crippen LogP contribution in [-0.2, 0) is 9.53 Å². The van der Waals surface area contributed by atoms with Crippen LogP contribution in [0.15, 0.2) is 48.5 Å². The maximum Gasteiger partial charge on any atom is 0.255 e. The lowest BCUT2D eigenvalue weighted by Crippen LogP contribution is -2.26. The Labute approximate surface area is 153 Å². The number of nitrogens with one attached hydrogen (secondary N) is 2. The first kappa shape index (κ1) is 16.9. The minimum Gasteiger partial charge on any atom is -0.368 e. The first-order valence-electron chi connectivity index (χ1n) is 7.71. The molecule has 0 saturated carbocycles. The number of halogens is 1. The molecule has 1 heterocycles. The van der Waals surface area contributed by atoms with Gasteiger partial charge in [-0.2, -0.15) is 0 Å². The van der Waals surface area contributed by atoms with Crippen LogP contribution in [0, 0.1) is 3.57 Å². The van der Waals surface area contributed by atoms with Crippen LogP contribution in [0.2, 0.25) is 0 Å². The van der Waals surface area contributed by atoms with Crippen molar-refractivity contribution >= 4 is 45.8 Å². The Bertz CT molecular complexity index is 740. The van der Waals surface area contributed by atoms with Crippen LogP contribution in [-0.4, -0.2) is 24.5 Å². The highest BCUT2D eigenvalue weighted by Gasteiger charge is 2.23. The summed E-state index contributed by atoms with van der Waals surface area (Å²) in [6.07, 6.45) is 1.32. The van der Waals surface area contributed by atoms with Gasteiger partial charge in [0.25, 0.3) is 11.8 Å². The molecule has 1 aliphatic heterocycles. The fraction of sp³-hybridized carbons (Fsp3) is 0.222. The summed E-state index contributed by atoms with van der Waals surface area (Å²) in [6, 6.07) is 14.4. The molecule has 1 unspecified atom stereocenters. The van der Waals surface area contributed by atoms with E-state index < -0.39 is 0 Å². The van der Waals surface area contributed by atoms with Gasteiger partial charge in [0.15, 0.2) is 0 Å². The number of benzene rings is 2. The monoisotopic (exact) mass is 436 g/mol. The molecule has 24 heavy (non-hydrogen) atoms. The number of carbonyl (C=O) groups is 2. The van der Waals surface area contributed by atoms with Gasteiger partial charge in [-0.25, -0.2) is 0 Å². The van der Waals surface area contributed by atoms with Crippen LogP contribution >= 0.6 is 22.6 Å². The molecule has 2 aromatic rings. The molecule has 1 atom stereocenters. The summed E-state index contributed by atoms with van der Waals surface area (Å²) in [5.41, 5.74) is 1.97. The Morgan fingerprint density at radius 3 is 2.38 bits per heavy atom. The highest BCUT2D eigenvalue weighted by atomic mass is 127. The second kappa shape index (κ2) is 7.76. The quantitative estimate of drug-likeness (QED) is 0.720. The van der Waals surface area contributed by atoms with E-state index in [1.807, 2.05) is 18.2 Å². The van der Waals surface area contributed by atoms with Crippen LogP contribution < -0.4 is 10.6 Å². The third kappa shape index (κ3) is 4.33. The van der Waals surface area contributed by atoms with E-state index in [1.54, 1.807) is 30.3 Å². The van der Waals surface area contributed by atoms with Crippen LogP contribution in [0.25, 0.3) is 0 Å². The second-order valence-corrected chi connectivity index (χ2v) is 6.78. The fourth-order valence-electron chi connectivity index (χ4n) is 2.48. The van der Waals surface area contributed by atoms with E-state index in [2.05, 4.69) is 33.2 Å². The van der Waals surface area contributed by atoms with Crippen molar-refractivity contribution in [1.82, 2.24) is 0 Å². The average molecular weight is 436 g/mol. The molecule has 0 spiro atoms. The Kier molecular flexibility index (Phi) is 5.47. The van der Waals surface area contributed by atoms with Gasteiger partial charge in [-0.15, -0.1) is 0 Å². The molecular weight excluding hydrogens is 419 g/mol. The van der Waals surface area contributed by atoms with Crippen molar-refractivity contribution < 1.29 is 14.3 Å². The number of hydrogen-bond donors (Lipinski definition) is 2. The normalized spacial score (nSPS) is 16.6. The smallest absolute Gasteiger partial charge is 0.255 e. The standard InChI is InChI=1S/C18H17IN2O3/c19-13-4-1-3-12(11-13)17(22)20-14-6-8-15(9-7-14)21-18(23)16-5-2-10-24-16/h1,3-4,6-9,11,16H,2,5,10H2,(H,20,22)(H,21,23). The molecular formula is C18H17IN2O3. The van der Waals surface area contributed by atoms with Crippen LogP contribution in [0.1, 0.15) is 23.2 Å². The van der Waals surface area contributed by atoms with Crippen molar-refractivity contribution in [3.8, 4) is 0 Å². The van der Waals surface area contributed by atoms with E-state index >= 15 is 0 Å². The summed E-state index contributed by atoms with van der Waals surface area (Å²) in [6.45, 7) is 0.640. The zero-order chi connectivity index (χ0) is 16.9. The van der Waals surface area contributed by atoms with Gasteiger partial charge in [0.05, 0.1) is 0 Å². The third-order valence-electron chi connectivity index (χ3n) is 3.72. The molecule has 2 amide bonds. The van der Waals surface area contributed by atoms with Gasteiger partial charge in [0, 0.05) is 27.1 Å². The minimum absolute atomic E-state index is 0.122. The first-order valence-corrected chi connectivity index (χ1v) is 8.79. The molecule has 2 aromatic carbocycles. The molecule has 0 bridgehead atoms. The number of amides is 2. The van der Waals surface area contributed by atoms with Gasteiger partial charge in [-0.3, -0.25) is 9.59 Å². The average Bonchev–Trinajstić information content (AvgIpc) is 3.11. The summed E-state index contributed by atoms with van der Waals surface area (Å²) in [5.74, 6) is -0.284. The summed E-state index contributed by atoms with van der Waals surface area (Å²) < 4.78 is 6.36. The molecule has 0 aromatic heterocycles. The second-order valence-electron chi connectivity index (χ2n) is 5.53. The van der Waals surface area contributed by atoms with Crippen LogP contribution in [0.3, 0.4) is 0 Å². The molecule has 2 N–H and O–H groups in total. The van der Waals surface area contributed by atoms with E-state index in [1.165, 1.54) is 0 Å². The predicted molar refractivity (Wildman–Crippen MR) is 101 cm³/mol. The predicted octanol–water partition coefficient (Wildman–Crippen LogP) is 3.66. The molecule has 1 aliphatic rings.